The Morgan fingerprint density at radius 1 is 1.22 bits per heavy atom. The van der Waals surface area contributed by atoms with Crippen LogP contribution in [0.1, 0.15) is 11.1 Å². The second kappa shape index (κ2) is 5.65. The average Bonchev–Trinajstić information content (AvgIpc) is 2.40. The maximum atomic E-state index is 13.0. The first-order chi connectivity index (χ1) is 8.69. The number of ether oxygens (including phenoxy) is 1. The van der Waals surface area contributed by atoms with Crippen molar-refractivity contribution < 1.29 is 9.13 Å². The van der Waals surface area contributed by atoms with Crippen LogP contribution in [0.15, 0.2) is 46.9 Å². The lowest BCUT2D eigenvalue weighted by molar-refractivity contribution is 0.305. The summed E-state index contributed by atoms with van der Waals surface area (Å²) >= 11 is 3.10. The van der Waals surface area contributed by atoms with Gasteiger partial charge in [0, 0.05) is 0 Å². The summed E-state index contributed by atoms with van der Waals surface area (Å²) in [5.74, 6) is 0.250. The molecule has 2 rings (SSSR count). The van der Waals surface area contributed by atoms with E-state index >= 15 is 0 Å². The molecule has 0 unspecified atom stereocenters. The van der Waals surface area contributed by atoms with Crippen molar-refractivity contribution in [3.63, 3.8) is 0 Å². The number of nitrogens with zero attached hydrogens (tertiary/aromatic N) is 1. The fourth-order valence-corrected chi connectivity index (χ4v) is 1.82. The summed E-state index contributed by atoms with van der Waals surface area (Å²) < 4.78 is 18.9. The molecule has 90 valence electrons. The van der Waals surface area contributed by atoms with E-state index in [4.69, 9.17) is 10.00 Å². The molecule has 0 fully saturated rings. The van der Waals surface area contributed by atoms with Crippen molar-refractivity contribution in [3.8, 4) is 11.8 Å². The predicted octanol–water partition coefficient (Wildman–Crippen LogP) is 4.04. The Labute approximate surface area is 113 Å². The van der Waals surface area contributed by atoms with E-state index in [0.29, 0.717) is 22.4 Å². The van der Waals surface area contributed by atoms with E-state index in [1.165, 1.54) is 6.07 Å². The van der Waals surface area contributed by atoms with Gasteiger partial charge in [-0.15, -0.1) is 0 Å². The highest BCUT2D eigenvalue weighted by Crippen LogP contribution is 2.22. The van der Waals surface area contributed by atoms with Gasteiger partial charge in [-0.3, -0.25) is 0 Å². The second-order valence-electron chi connectivity index (χ2n) is 3.68. The Bertz CT molecular complexity index is 607. The Hall–Kier alpha value is -1.86. The van der Waals surface area contributed by atoms with Crippen molar-refractivity contribution in [3.05, 3.63) is 63.9 Å². The van der Waals surface area contributed by atoms with Crippen LogP contribution in [0.25, 0.3) is 0 Å². The third kappa shape index (κ3) is 3.08. The zero-order valence-electron chi connectivity index (χ0n) is 9.36. The summed E-state index contributed by atoms with van der Waals surface area (Å²) in [6, 6.07) is 13.7. The molecule has 2 aromatic rings. The van der Waals surface area contributed by atoms with Gasteiger partial charge >= 0.3 is 0 Å². The van der Waals surface area contributed by atoms with Gasteiger partial charge < -0.3 is 4.74 Å². The van der Waals surface area contributed by atoms with Gasteiger partial charge in [-0.1, -0.05) is 12.1 Å². The van der Waals surface area contributed by atoms with E-state index in [0.717, 1.165) is 5.56 Å². The van der Waals surface area contributed by atoms with Gasteiger partial charge in [0.1, 0.15) is 18.2 Å². The third-order valence-corrected chi connectivity index (χ3v) is 2.96. The smallest absolute Gasteiger partial charge is 0.137 e. The largest absolute Gasteiger partial charge is 0.489 e. The summed E-state index contributed by atoms with van der Waals surface area (Å²) in [6.07, 6.45) is 0. The number of benzene rings is 2. The maximum absolute atomic E-state index is 13.0. The van der Waals surface area contributed by atoms with Gasteiger partial charge in [0.05, 0.1) is 16.1 Å². The van der Waals surface area contributed by atoms with Crippen LogP contribution in [-0.2, 0) is 6.61 Å². The average molecular weight is 306 g/mol. The Kier molecular flexibility index (Phi) is 3.96. The van der Waals surface area contributed by atoms with E-state index < -0.39 is 0 Å². The molecule has 0 aliphatic heterocycles. The highest BCUT2D eigenvalue weighted by Gasteiger charge is 2.02. The Morgan fingerprint density at radius 2 is 2.06 bits per heavy atom. The molecule has 0 radical (unpaired) electrons. The third-order valence-electron chi connectivity index (χ3n) is 2.35. The van der Waals surface area contributed by atoms with Crippen molar-refractivity contribution in [1.82, 2.24) is 0 Å². The quantitative estimate of drug-likeness (QED) is 0.857. The van der Waals surface area contributed by atoms with Crippen LogP contribution in [0.2, 0.25) is 0 Å². The van der Waals surface area contributed by atoms with E-state index in [1.807, 2.05) is 6.07 Å². The molecule has 0 aliphatic rings. The highest BCUT2D eigenvalue weighted by molar-refractivity contribution is 9.10. The monoisotopic (exact) mass is 305 g/mol. The molecule has 0 atom stereocenters. The fourth-order valence-electron chi connectivity index (χ4n) is 1.46. The van der Waals surface area contributed by atoms with Gasteiger partial charge in [0.25, 0.3) is 0 Å². The first-order valence-electron chi connectivity index (χ1n) is 5.26. The zero-order valence-corrected chi connectivity index (χ0v) is 10.9. The first kappa shape index (κ1) is 12.6. The molecule has 18 heavy (non-hydrogen) atoms. The Morgan fingerprint density at radius 3 is 2.78 bits per heavy atom. The number of nitriles is 1. The number of rotatable bonds is 3. The summed E-state index contributed by atoms with van der Waals surface area (Å²) in [6.45, 7) is 0.341. The minimum absolute atomic E-state index is 0.325. The molecule has 0 spiro atoms. The van der Waals surface area contributed by atoms with Crippen molar-refractivity contribution in [2.24, 2.45) is 0 Å². The normalized spacial score (nSPS) is 9.83. The summed E-state index contributed by atoms with van der Waals surface area (Å²) in [4.78, 5) is 0. The second-order valence-corrected chi connectivity index (χ2v) is 4.53. The van der Waals surface area contributed by atoms with Crippen LogP contribution < -0.4 is 4.74 Å². The molecule has 0 saturated heterocycles. The molecule has 2 nitrogen and oxygen atoms in total. The molecule has 0 saturated carbocycles. The molecule has 0 bridgehead atoms. The summed E-state index contributed by atoms with van der Waals surface area (Å²) in [7, 11) is 0. The molecule has 0 aliphatic carbocycles. The van der Waals surface area contributed by atoms with Gasteiger partial charge in [-0.05, 0) is 51.8 Å². The first-order valence-corrected chi connectivity index (χ1v) is 6.05. The lowest BCUT2D eigenvalue weighted by Crippen LogP contribution is -1.96. The number of halogens is 2. The van der Waals surface area contributed by atoms with Crippen molar-refractivity contribution in [2.75, 3.05) is 0 Å². The standard InChI is InChI=1S/C14H9BrFNO/c15-13-7-12(4-5-14(13)16)18-9-11-3-1-2-10(6-11)8-17/h1-7H,9H2. The number of hydrogen-bond acceptors (Lipinski definition) is 2. The van der Waals surface area contributed by atoms with Gasteiger partial charge in [0.15, 0.2) is 0 Å². The highest BCUT2D eigenvalue weighted by atomic mass is 79.9. The van der Waals surface area contributed by atoms with E-state index in [-0.39, 0.29) is 5.82 Å². The fraction of sp³-hybridized carbons (Fsp3) is 0.0714. The molecule has 2 aromatic carbocycles. The molecule has 0 N–H and O–H groups in total. The van der Waals surface area contributed by atoms with Crippen LogP contribution in [0.3, 0.4) is 0 Å². The van der Waals surface area contributed by atoms with Crippen molar-refractivity contribution in [1.29, 1.82) is 5.26 Å². The Balaban J connectivity index is 2.07. The van der Waals surface area contributed by atoms with E-state index in [9.17, 15) is 4.39 Å². The minimum atomic E-state index is -0.325. The van der Waals surface area contributed by atoms with Crippen molar-refractivity contribution in [2.45, 2.75) is 6.61 Å². The van der Waals surface area contributed by atoms with Gasteiger partial charge in [0.2, 0.25) is 0 Å². The molecular formula is C14H9BrFNO. The van der Waals surface area contributed by atoms with Crippen LogP contribution >= 0.6 is 15.9 Å². The maximum Gasteiger partial charge on any atom is 0.137 e. The molecular weight excluding hydrogens is 297 g/mol. The lowest BCUT2D eigenvalue weighted by atomic mass is 10.1. The van der Waals surface area contributed by atoms with E-state index in [1.54, 1.807) is 30.3 Å². The van der Waals surface area contributed by atoms with Crippen LogP contribution in [0, 0.1) is 17.1 Å². The predicted molar refractivity (Wildman–Crippen MR) is 69.6 cm³/mol. The van der Waals surface area contributed by atoms with Crippen LogP contribution in [-0.4, -0.2) is 0 Å². The summed E-state index contributed by atoms with van der Waals surface area (Å²) in [5, 5.41) is 8.78. The van der Waals surface area contributed by atoms with E-state index in [2.05, 4.69) is 22.0 Å². The molecule has 0 heterocycles. The minimum Gasteiger partial charge on any atom is -0.489 e. The molecule has 4 heteroatoms. The van der Waals surface area contributed by atoms with Crippen molar-refractivity contribution >= 4 is 15.9 Å². The molecule has 0 amide bonds. The zero-order chi connectivity index (χ0) is 13.0. The van der Waals surface area contributed by atoms with Crippen LogP contribution in [0.5, 0.6) is 5.75 Å². The van der Waals surface area contributed by atoms with Crippen LogP contribution in [0.4, 0.5) is 4.39 Å². The van der Waals surface area contributed by atoms with Gasteiger partial charge in [-0.25, -0.2) is 4.39 Å². The molecule has 0 aromatic heterocycles. The SMILES string of the molecule is N#Cc1cccc(COc2ccc(F)c(Br)c2)c1. The lowest BCUT2D eigenvalue weighted by Gasteiger charge is -2.07. The topological polar surface area (TPSA) is 33.0 Å². The summed E-state index contributed by atoms with van der Waals surface area (Å²) in [5.41, 5.74) is 1.49. The van der Waals surface area contributed by atoms with Gasteiger partial charge in [-0.2, -0.15) is 5.26 Å². The number of hydrogen-bond donors (Lipinski definition) is 0.